The Labute approximate surface area is 167 Å². The molecule has 5 nitrogen and oxygen atoms in total. The minimum atomic E-state index is -0.406. The molecule has 0 radical (unpaired) electrons. The van der Waals surface area contributed by atoms with E-state index in [0.29, 0.717) is 35.3 Å². The van der Waals surface area contributed by atoms with Crippen molar-refractivity contribution in [2.75, 3.05) is 38.0 Å². The van der Waals surface area contributed by atoms with Gasteiger partial charge in [0.1, 0.15) is 0 Å². The average molecular weight is 412 g/mol. The predicted octanol–water partition coefficient (Wildman–Crippen LogP) is 4.87. The Morgan fingerprint density at radius 3 is 2.48 bits per heavy atom. The number of unbranched alkanes of at least 4 members (excludes halogenated alkanes) is 2. The van der Waals surface area contributed by atoms with E-state index in [0.717, 1.165) is 49.7 Å². The molecule has 3 aromatic rings. The number of nitrogens with zero attached hydrogens (tertiary/aromatic N) is 1. The zero-order valence-electron chi connectivity index (χ0n) is 15.1. The largest absolute Gasteiger partial charge is 0.486 e. The standard InChI is InChI=1S/C20H23Cl2NO4/c21-7-10-23(11-8-22)9-2-1-3-12-25-20-18-16(6-13-26-18)14-15-4-5-17(24)27-19(15)20/h4-6,13-14H,1-3,7-12H2. The van der Waals surface area contributed by atoms with Crippen LogP contribution in [-0.2, 0) is 0 Å². The third kappa shape index (κ3) is 5.18. The van der Waals surface area contributed by atoms with Gasteiger partial charge < -0.3 is 18.5 Å². The highest BCUT2D eigenvalue weighted by Gasteiger charge is 2.14. The fourth-order valence-electron chi connectivity index (χ4n) is 3.10. The summed E-state index contributed by atoms with van der Waals surface area (Å²) in [5.74, 6) is 1.73. The minimum Gasteiger partial charge on any atom is -0.486 e. The van der Waals surface area contributed by atoms with E-state index in [1.807, 2.05) is 12.1 Å². The van der Waals surface area contributed by atoms with Crippen molar-refractivity contribution in [3.05, 3.63) is 40.9 Å². The molecule has 0 spiro atoms. The highest BCUT2D eigenvalue weighted by Crippen LogP contribution is 2.35. The molecule has 0 bridgehead atoms. The lowest BCUT2D eigenvalue weighted by Crippen LogP contribution is -2.29. The lowest BCUT2D eigenvalue weighted by molar-refractivity contribution is 0.278. The van der Waals surface area contributed by atoms with Gasteiger partial charge in [0, 0.05) is 41.7 Å². The monoisotopic (exact) mass is 411 g/mol. The fraction of sp³-hybridized carbons (Fsp3) is 0.450. The smallest absolute Gasteiger partial charge is 0.336 e. The van der Waals surface area contributed by atoms with Gasteiger partial charge in [0.05, 0.1) is 12.9 Å². The van der Waals surface area contributed by atoms with Gasteiger partial charge in [-0.2, -0.15) is 0 Å². The Kier molecular flexibility index (Phi) is 7.44. The van der Waals surface area contributed by atoms with E-state index in [1.165, 1.54) is 6.07 Å². The van der Waals surface area contributed by atoms with Crippen LogP contribution in [0.4, 0.5) is 0 Å². The van der Waals surface area contributed by atoms with Crippen LogP contribution in [0, 0.1) is 0 Å². The van der Waals surface area contributed by atoms with E-state index in [1.54, 1.807) is 12.3 Å². The van der Waals surface area contributed by atoms with Crippen molar-refractivity contribution >= 4 is 45.1 Å². The number of halogens is 2. The Morgan fingerprint density at radius 2 is 1.70 bits per heavy atom. The average Bonchev–Trinajstić information content (AvgIpc) is 3.12. The van der Waals surface area contributed by atoms with Crippen LogP contribution in [0.25, 0.3) is 21.9 Å². The van der Waals surface area contributed by atoms with Crippen LogP contribution in [0.1, 0.15) is 19.3 Å². The molecule has 0 atom stereocenters. The first kappa shape index (κ1) is 20.1. The van der Waals surface area contributed by atoms with Crippen LogP contribution >= 0.6 is 23.2 Å². The van der Waals surface area contributed by atoms with E-state index in [4.69, 9.17) is 36.8 Å². The quantitative estimate of drug-likeness (QED) is 0.256. The van der Waals surface area contributed by atoms with Crippen molar-refractivity contribution in [2.24, 2.45) is 0 Å². The highest BCUT2D eigenvalue weighted by molar-refractivity contribution is 6.18. The number of furan rings is 1. The van der Waals surface area contributed by atoms with E-state index < -0.39 is 5.63 Å². The molecule has 0 amide bonds. The number of ether oxygens (including phenoxy) is 1. The van der Waals surface area contributed by atoms with Gasteiger partial charge in [-0.1, -0.05) is 0 Å². The molecular weight excluding hydrogens is 389 g/mol. The molecule has 2 heterocycles. The van der Waals surface area contributed by atoms with Crippen LogP contribution in [-0.4, -0.2) is 42.9 Å². The van der Waals surface area contributed by atoms with Gasteiger partial charge in [0.15, 0.2) is 11.2 Å². The zero-order valence-corrected chi connectivity index (χ0v) is 16.6. The molecule has 0 saturated heterocycles. The summed E-state index contributed by atoms with van der Waals surface area (Å²) in [6, 6.07) is 6.94. The predicted molar refractivity (Wildman–Crippen MR) is 109 cm³/mol. The molecule has 1 aromatic carbocycles. The first-order valence-corrected chi connectivity index (χ1v) is 10.2. The lowest BCUT2D eigenvalue weighted by Gasteiger charge is -2.19. The molecule has 146 valence electrons. The molecule has 0 unspecified atom stereocenters. The summed E-state index contributed by atoms with van der Waals surface area (Å²) >= 11 is 11.6. The van der Waals surface area contributed by atoms with Crippen molar-refractivity contribution in [3.63, 3.8) is 0 Å². The summed E-state index contributed by atoms with van der Waals surface area (Å²) < 4.78 is 16.9. The number of alkyl halides is 2. The summed E-state index contributed by atoms with van der Waals surface area (Å²) in [5.41, 5.74) is 0.629. The third-order valence-electron chi connectivity index (χ3n) is 4.45. The maximum absolute atomic E-state index is 11.6. The molecule has 2 aromatic heterocycles. The van der Waals surface area contributed by atoms with Crippen LogP contribution < -0.4 is 10.4 Å². The molecule has 0 N–H and O–H groups in total. The molecule has 0 fully saturated rings. The number of benzene rings is 1. The molecule has 3 rings (SSSR count). The van der Waals surface area contributed by atoms with E-state index in [2.05, 4.69) is 4.90 Å². The Bertz CT molecular complexity index is 915. The van der Waals surface area contributed by atoms with Gasteiger partial charge in [0.25, 0.3) is 0 Å². The van der Waals surface area contributed by atoms with Crippen molar-refractivity contribution in [3.8, 4) is 5.75 Å². The molecule has 7 heteroatoms. The SMILES string of the molecule is O=c1ccc2cc3ccoc3c(OCCCCCN(CCCl)CCCl)c2o1. The number of rotatable bonds is 11. The fourth-order valence-corrected chi connectivity index (χ4v) is 3.58. The summed E-state index contributed by atoms with van der Waals surface area (Å²) in [4.78, 5) is 13.9. The van der Waals surface area contributed by atoms with Gasteiger partial charge in [-0.25, -0.2) is 4.79 Å². The number of hydrogen-bond donors (Lipinski definition) is 0. The maximum Gasteiger partial charge on any atom is 0.336 e. The molecule has 27 heavy (non-hydrogen) atoms. The molecular formula is C20H23Cl2NO4. The Morgan fingerprint density at radius 1 is 0.926 bits per heavy atom. The molecule has 0 saturated carbocycles. The van der Waals surface area contributed by atoms with Gasteiger partial charge in [-0.05, 0) is 44.0 Å². The van der Waals surface area contributed by atoms with E-state index in [9.17, 15) is 4.79 Å². The van der Waals surface area contributed by atoms with E-state index >= 15 is 0 Å². The van der Waals surface area contributed by atoms with Crippen LogP contribution in [0.3, 0.4) is 0 Å². The van der Waals surface area contributed by atoms with Crippen molar-refractivity contribution in [2.45, 2.75) is 19.3 Å². The van der Waals surface area contributed by atoms with Crippen molar-refractivity contribution in [1.29, 1.82) is 0 Å². The maximum atomic E-state index is 11.6. The van der Waals surface area contributed by atoms with Gasteiger partial charge in [-0.3, -0.25) is 0 Å². The van der Waals surface area contributed by atoms with Crippen LogP contribution in [0.15, 0.2) is 44.2 Å². The number of fused-ring (bicyclic) bond motifs is 2. The number of hydrogen-bond acceptors (Lipinski definition) is 5. The van der Waals surface area contributed by atoms with Crippen LogP contribution in [0.2, 0.25) is 0 Å². The molecule has 0 aliphatic rings. The summed E-state index contributed by atoms with van der Waals surface area (Å²) in [5, 5.41) is 1.74. The lowest BCUT2D eigenvalue weighted by atomic mass is 10.1. The Hall–Kier alpha value is -1.69. The zero-order chi connectivity index (χ0) is 19.1. The molecule has 0 aliphatic heterocycles. The second-order valence-electron chi connectivity index (χ2n) is 6.35. The van der Waals surface area contributed by atoms with E-state index in [-0.39, 0.29) is 0 Å². The van der Waals surface area contributed by atoms with Gasteiger partial charge >= 0.3 is 5.63 Å². The third-order valence-corrected chi connectivity index (χ3v) is 4.79. The summed E-state index contributed by atoms with van der Waals surface area (Å²) in [6.07, 6.45) is 4.58. The summed E-state index contributed by atoms with van der Waals surface area (Å²) in [6.45, 7) is 3.22. The highest BCUT2D eigenvalue weighted by atomic mass is 35.5. The van der Waals surface area contributed by atoms with Gasteiger partial charge in [0.2, 0.25) is 5.75 Å². The normalized spacial score (nSPS) is 11.7. The summed E-state index contributed by atoms with van der Waals surface area (Å²) in [7, 11) is 0. The second-order valence-corrected chi connectivity index (χ2v) is 7.10. The molecule has 0 aliphatic carbocycles. The first-order chi connectivity index (χ1) is 13.2. The topological polar surface area (TPSA) is 55.8 Å². The Balaban J connectivity index is 1.59. The van der Waals surface area contributed by atoms with Crippen molar-refractivity contribution in [1.82, 2.24) is 4.90 Å². The first-order valence-electron chi connectivity index (χ1n) is 9.14. The van der Waals surface area contributed by atoms with Crippen LogP contribution in [0.5, 0.6) is 5.75 Å². The van der Waals surface area contributed by atoms with Crippen molar-refractivity contribution < 1.29 is 13.6 Å². The second kappa shape index (κ2) is 10.0. The minimum absolute atomic E-state index is 0.406. The van der Waals surface area contributed by atoms with Gasteiger partial charge in [-0.15, -0.1) is 23.2 Å².